The van der Waals surface area contributed by atoms with Crippen molar-refractivity contribution in [3.63, 3.8) is 0 Å². The quantitative estimate of drug-likeness (QED) is 0.480. The molecule has 2 aromatic rings. The molecular formula is C16H16O6. The number of methoxy groups -OCH3 is 2. The maximum Gasteiger partial charge on any atom is 0.336 e. The Labute approximate surface area is 126 Å². The molecule has 0 N–H and O–H groups in total. The van der Waals surface area contributed by atoms with Crippen molar-refractivity contribution in [2.45, 2.75) is 13.5 Å². The third kappa shape index (κ3) is 3.28. The summed E-state index contributed by atoms with van der Waals surface area (Å²) in [5.41, 5.74) is 0.337. The zero-order chi connectivity index (χ0) is 16.1. The summed E-state index contributed by atoms with van der Waals surface area (Å²) in [4.78, 5) is 23.0. The van der Waals surface area contributed by atoms with E-state index in [-0.39, 0.29) is 6.61 Å². The van der Waals surface area contributed by atoms with E-state index in [0.717, 1.165) is 0 Å². The Hall–Kier alpha value is -2.76. The smallest absolute Gasteiger partial charge is 0.336 e. The number of carbonyl (C=O) groups is 1. The zero-order valence-electron chi connectivity index (χ0n) is 12.5. The van der Waals surface area contributed by atoms with E-state index >= 15 is 0 Å². The first-order valence-corrected chi connectivity index (χ1v) is 6.57. The van der Waals surface area contributed by atoms with Crippen LogP contribution in [0.3, 0.4) is 0 Å². The first kappa shape index (κ1) is 15.6. The molecule has 1 heterocycles. The predicted octanol–water partition coefficient (Wildman–Crippen LogP) is 2.43. The van der Waals surface area contributed by atoms with Gasteiger partial charge in [-0.1, -0.05) is 6.08 Å². The number of ether oxygens (including phenoxy) is 3. The first-order chi connectivity index (χ1) is 10.6. The van der Waals surface area contributed by atoms with Crippen LogP contribution in [0.25, 0.3) is 11.0 Å². The SMILES string of the molecule is C/C=C/C(=O)OCc1cc(=O)oc2cc(OC)c(OC)cc12. The van der Waals surface area contributed by atoms with E-state index in [1.54, 1.807) is 25.1 Å². The monoisotopic (exact) mass is 304 g/mol. The van der Waals surface area contributed by atoms with Crippen molar-refractivity contribution < 1.29 is 23.4 Å². The molecule has 0 saturated heterocycles. The summed E-state index contributed by atoms with van der Waals surface area (Å²) >= 11 is 0. The van der Waals surface area contributed by atoms with Crippen LogP contribution in [0.15, 0.2) is 39.6 Å². The lowest BCUT2D eigenvalue weighted by atomic mass is 10.1. The molecule has 1 aromatic carbocycles. The van der Waals surface area contributed by atoms with Crippen LogP contribution in [0.1, 0.15) is 12.5 Å². The lowest BCUT2D eigenvalue weighted by Crippen LogP contribution is -2.06. The molecule has 6 nitrogen and oxygen atoms in total. The molecule has 6 heteroatoms. The number of hydrogen-bond donors (Lipinski definition) is 0. The number of rotatable bonds is 5. The standard InChI is InChI=1S/C16H16O6/c1-4-5-15(17)21-9-10-6-16(18)22-12-8-14(20-3)13(19-2)7-11(10)12/h4-8H,9H2,1-3H3/b5-4+. The Kier molecular flexibility index (Phi) is 4.83. The van der Waals surface area contributed by atoms with Gasteiger partial charge in [-0.2, -0.15) is 0 Å². The minimum absolute atomic E-state index is 0.0409. The summed E-state index contributed by atoms with van der Waals surface area (Å²) in [5.74, 6) is 0.454. The summed E-state index contributed by atoms with van der Waals surface area (Å²) < 4.78 is 20.6. The molecule has 2 rings (SSSR count). The molecule has 0 amide bonds. The van der Waals surface area contributed by atoms with Gasteiger partial charge in [0.25, 0.3) is 0 Å². The van der Waals surface area contributed by atoms with Crippen LogP contribution >= 0.6 is 0 Å². The highest BCUT2D eigenvalue weighted by Crippen LogP contribution is 2.33. The molecule has 0 bridgehead atoms. The highest BCUT2D eigenvalue weighted by Gasteiger charge is 2.13. The van der Waals surface area contributed by atoms with Crippen molar-refractivity contribution in [3.05, 3.63) is 46.3 Å². The average Bonchev–Trinajstić information content (AvgIpc) is 2.51. The highest BCUT2D eigenvalue weighted by molar-refractivity contribution is 5.85. The number of allylic oxidation sites excluding steroid dienone is 1. The Morgan fingerprint density at radius 3 is 2.50 bits per heavy atom. The third-order valence-corrected chi connectivity index (χ3v) is 3.01. The van der Waals surface area contributed by atoms with Gasteiger partial charge in [0.2, 0.25) is 0 Å². The molecular weight excluding hydrogens is 288 g/mol. The van der Waals surface area contributed by atoms with Crippen molar-refractivity contribution in [1.29, 1.82) is 0 Å². The molecule has 0 radical (unpaired) electrons. The maximum atomic E-state index is 11.6. The van der Waals surface area contributed by atoms with Gasteiger partial charge in [0.1, 0.15) is 12.2 Å². The van der Waals surface area contributed by atoms with E-state index in [4.69, 9.17) is 18.6 Å². The number of esters is 1. The second-order valence-electron chi connectivity index (χ2n) is 4.40. The van der Waals surface area contributed by atoms with Crippen molar-refractivity contribution >= 4 is 16.9 Å². The van der Waals surface area contributed by atoms with E-state index < -0.39 is 11.6 Å². The average molecular weight is 304 g/mol. The van der Waals surface area contributed by atoms with Crippen molar-refractivity contribution in [2.24, 2.45) is 0 Å². The van der Waals surface area contributed by atoms with Crippen LogP contribution in [0.4, 0.5) is 0 Å². The van der Waals surface area contributed by atoms with Gasteiger partial charge in [-0.25, -0.2) is 9.59 Å². The highest BCUT2D eigenvalue weighted by atomic mass is 16.5. The molecule has 0 aliphatic heterocycles. The van der Waals surface area contributed by atoms with E-state index in [2.05, 4.69) is 0 Å². The van der Waals surface area contributed by atoms with Gasteiger partial charge in [-0.05, 0) is 13.0 Å². The maximum absolute atomic E-state index is 11.6. The predicted molar refractivity (Wildman–Crippen MR) is 80.2 cm³/mol. The Morgan fingerprint density at radius 2 is 1.86 bits per heavy atom. The molecule has 1 aromatic heterocycles. The Balaban J connectivity index is 2.48. The fourth-order valence-corrected chi connectivity index (χ4v) is 2.01. The number of carbonyl (C=O) groups excluding carboxylic acids is 1. The van der Waals surface area contributed by atoms with Gasteiger partial charge in [-0.3, -0.25) is 0 Å². The minimum atomic E-state index is -0.531. The molecule has 0 spiro atoms. The first-order valence-electron chi connectivity index (χ1n) is 6.57. The molecule has 0 aliphatic carbocycles. The third-order valence-electron chi connectivity index (χ3n) is 3.01. The topological polar surface area (TPSA) is 75.0 Å². The molecule has 0 atom stereocenters. The van der Waals surface area contributed by atoms with Crippen molar-refractivity contribution in [2.75, 3.05) is 14.2 Å². The molecule has 0 saturated carbocycles. The van der Waals surface area contributed by atoms with Gasteiger partial charge < -0.3 is 18.6 Å². The lowest BCUT2D eigenvalue weighted by Gasteiger charge is -2.11. The van der Waals surface area contributed by atoms with Gasteiger partial charge in [0.15, 0.2) is 11.5 Å². The largest absolute Gasteiger partial charge is 0.493 e. The van der Waals surface area contributed by atoms with Crippen LogP contribution < -0.4 is 15.1 Å². The second-order valence-corrected chi connectivity index (χ2v) is 4.40. The zero-order valence-corrected chi connectivity index (χ0v) is 12.5. The van der Waals surface area contributed by atoms with Crippen molar-refractivity contribution in [3.8, 4) is 11.5 Å². The fourth-order valence-electron chi connectivity index (χ4n) is 2.01. The van der Waals surface area contributed by atoms with Gasteiger partial charge in [-0.15, -0.1) is 0 Å². The molecule has 0 unspecified atom stereocenters. The van der Waals surface area contributed by atoms with Crippen LogP contribution in [-0.2, 0) is 16.1 Å². The normalized spacial score (nSPS) is 10.9. The summed E-state index contributed by atoms with van der Waals surface area (Å²) in [7, 11) is 3.00. The van der Waals surface area contributed by atoms with Gasteiger partial charge in [0.05, 0.1) is 14.2 Å². The van der Waals surface area contributed by atoms with E-state index in [1.807, 2.05) is 0 Å². The van der Waals surface area contributed by atoms with Crippen LogP contribution in [0.5, 0.6) is 11.5 Å². The van der Waals surface area contributed by atoms with Crippen LogP contribution in [0, 0.1) is 0 Å². The van der Waals surface area contributed by atoms with Gasteiger partial charge in [0, 0.05) is 29.2 Å². The van der Waals surface area contributed by atoms with E-state index in [9.17, 15) is 9.59 Å². The Morgan fingerprint density at radius 1 is 1.18 bits per heavy atom. The molecule has 0 fully saturated rings. The fraction of sp³-hybridized carbons (Fsp3) is 0.250. The summed E-state index contributed by atoms with van der Waals surface area (Å²) in [5, 5.41) is 0.616. The lowest BCUT2D eigenvalue weighted by molar-refractivity contribution is -0.138. The summed E-state index contributed by atoms with van der Waals surface area (Å²) in [6.45, 7) is 1.67. The van der Waals surface area contributed by atoms with E-state index in [1.165, 1.54) is 26.4 Å². The minimum Gasteiger partial charge on any atom is -0.493 e. The number of benzene rings is 1. The van der Waals surface area contributed by atoms with E-state index in [0.29, 0.717) is 28.0 Å². The molecule has 0 aliphatic rings. The number of fused-ring (bicyclic) bond motifs is 1. The number of hydrogen-bond acceptors (Lipinski definition) is 6. The van der Waals surface area contributed by atoms with Crippen molar-refractivity contribution in [1.82, 2.24) is 0 Å². The molecule has 22 heavy (non-hydrogen) atoms. The molecule has 116 valence electrons. The summed E-state index contributed by atoms with van der Waals surface area (Å²) in [6, 6.07) is 4.53. The van der Waals surface area contributed by atoms with Gasteiger partial charge >= 0.3 is 11.6 Å². The van der Waals surface area contributed by atoms with Crippen LogP contribution in [-0.4, -0.2) is 20.2 Å². The van der Waals surface area contributed by atoms with Crippen LogP contribution in [0.2, 0.25) is 0 Å². The summed E-state index contributed by atoms with van der Waals surface area (Å²) in [6.07, 6.45) is 2.88. The Bertz CT molecular complexity index is 772. The second kappa shape index (κ2) is 6.80.